The van der Waals surface area contributed by atoms with Crippen LogP contribution in [0.25, 0.3) is 0 Å². The molecule has 0 aromatic heterocycles. The van der Waals surface area contributed by atoms with Crippen molar-refractivity contribution in [3.8, 4) is 11.5 Å². The number of hydrogen-bond donors (Lipinski definition) is 1. The van der Waals surface area contributed by atoms with Crippen LogP contribution in [0.5, 0.6) is 11.5 Å². The first kappa shape index (κ1) is 17.9. The predicted octanol–water partition coefficient (Wildman–Crippen LogP) is 3.46. The number of Topliss-reactive ketones (excluding diaryl/α,β-unsaturated/α-hetero) is 1. The first-order chi connectivity index (χ1) is 11.4. The van der Waals surface area contributed by atoms with E-state index in [0.717, 1.165) is 17.2 Å². The van der Waals surface area contributed by atoms with Crippen LogP contribution >= 0.6 is 0 Å². The number of halogens is 1. The van der Waals surface area contributed by atoms with E-state index in [9.17, 15) is 14.3 Å². The van der Waals surface area contributed by atoms with E-state index in [1.807, 2.05) is 32.0 Å². The van der Waals surface area contributed by atoms with Gasteiger partial charge in [-0.25, -0.2) is 4.39 Å². The maximum absolute atomic E-state index is 13.7. The molecule has 2 aromatic rings. The van der Waals surface area contributed by atoms with Crippen LogP contribution in [0.15, 0.2) is 36.4 Å². The number of carbonyl (C=O) groups is 1. The molecule has 0 saturated heterocycles. The fourth-order valence-electron chi connectivity index (χ4n) is 2.16. The second kappa shape index (κ2) is 7.93. The summed E-state index contributed by atoms with van der Waals surface area (Å²) in [7, 11) is 0. The van der Waals surface area contributed by atoms with Crippen LogP contribution in [0.4, 0.5) is 4.39 Å². The van der Waals surface area contributed by atoms with Crippen molar-refractivity contribution in [3.05, 3.63) is 58.9 Å². The Morgan fingerprint density at radius 1 is 1.12 bits per heavy atom. The van der Waals surface area contributed by atoms with Crippen molar-refractivity contribution in [3.63, 3.8) is 0 Å². The normalized spacial score (nSPS) is 11.9. The molecular weight excluding hydrogens is 311 g/mol. The fraction of sp³-hybridized carbons (Fsp3) is 0.316. The van der Waals surface area contributed by atoms with Crippen molar-refractivity contribution < 1.29 is 23.8 Å². The summed E-state index contributed by atoms with van der Waals surface area (Å²) < 4.78 is 24.6. The van der Waals surface area contributed by atoms with Crippen LogP contribution in [0.1, 0.15) is 28.4 Å². The smallest absolute Gasteiger partial charge is 0.162 e. The zero-order valence-corrected chi connectivity index (χ0v) is 14.0. The van der Waals surface area contributed by atoms with E-state index in [1.54, 1.807) is 0 Å². The summed E-state index contributed by atoms with van der Waals surface area (Å²) >= 11 is 0. The minimum absolute atomic E-state index is 0.0150. The summed E-state index contributed by atoms with van der Waals surface area (Å²) in [6.07, 6.45) is -0.861. The van der Waals surface area contributed by atoms with Gasteiger partial charge in [0.2, 0.25) is 0 Å². The number of aliphatic hydroxyl groups is 1. The summed E-state index contributed by atoms with van der Waals surface area (Å²) in [5.41, 5.74) is 2.07. The molecule has 5 heteroatoms. The number of rotatable bonds is 7. The predicted molar refractivity (Wildman–Crippen MR) is 89.3 cm³/mol. The van der Waals surface area contributed by atoms with Crippen molar-refractivity contribution in [1.82, 2.24) is 0 Å². The third-order valence-corrected chi connectivity index (χ3v) is 3.54. The van der Waals surface area contributed by atoms with Gasteiger partial charge in [-0.05, 0) is 50.1 Å². The highest BCUT2D eigenvalue weighted by molar-refractivity contribution is 5.94. The number of hydrogen-bond acceptors (Lipinski definition) is 4. The Hall–Kier alpha value is -2.40. The van der Waals surface area contributed by atoms with E-state index in [-0.39, 0.29) is 30.3 Å². The standard InChI is InChI=1S/C19H21FO4/c1-12-4-5-13(2)19(8-12)24-11-15(22)10-23-16-6-7-17(14(3)21)18(20)9-16/h4-9,15,22H,10-11H2,1-3H3. The molecule has 1 N–H and O–H groups in total. The Morgan fingerprint density at radius 2 is 1.83 bits per heavy atom. The number of ketones is 1. The van der Waals surface area contributed by atoms with Gasteiger partial charge >= 0.3 is 0 Å². The van der Waals surface area contributed by atoms with Crippen LogP contribution in [-0.4, -0.2) is 30.2 Å². The molecule has 0 aliphatic carbocycles. The van der Waals surface area contributed by atoms with Gasteiger partial charge in [0.1, 0.15) is 36.6 Å². The van der Waals surface area contributed by atoms with Crippen LogP contribution in [-0.2, 0) is 0 Å². The van der Waals surface area contributed by atoms with Gasteiger partial charge in [-0.3, -0.25) is 4.79 Å². The lowest BCUT2D eigenvalue weighted by Gasteiger charge is -2.15. The Bertz CT molecular complexity index is 727. The van der Waals surface area contributed by atoms with E-state index in [2.05, 4.69) is 0 Å². The Balaban J connectivity index is 1.87. The van der Waals surface area contributed by atoms with E-state index in [0.29, 0.717) is 5.75 Å². The average molecular weight is 332 g/mol. The van der Waals surface area contributed by atoms with E-state index in [1.165, 1.54) is 19.1 Å². The summed E-state index contributed by atoms with van der Waals surface area (Å²) in [5.74, 6) is -0.0173. The maximum Gasteiger partial charge on any atom is 0.162 e. The highest BCUT2D eigenvalue weighted by Gasteiger charge is 2.11. The van der Waals surface area contributed by atoms with Crippen molar-refractivity contribution in [2.45, 2.75) is 26.9 Å². The van der Waals surface area contributed by atoms with Crippen LogP contribution in [0.2, 0.25) is 0 Å². The van der Waals surface area contributed by atoms with Gasteiger partial charge in [-0.1, -0.05) is 12.1 Å². The zero-order chi connectivity index (χ0) is 17.7. The number of aliphatic hydroxyl groups excluding tert-OH is 1. The van der Waals surface area contributed by atoms with Gasteiger partial charge in [-0.15, -0.1) is 0 Å². The lowest BCUT2D eigenvalue weighted by atomic mass is 10.1. The van der Waals surface area contributed by atoms with Gasteiger partial charge in [0.05, 0.1) is 5.56 Å². The lowest BCUT2D eigenvalue weighted by Crippen LogP contribution is -2.25. The fourth-order valence-corrected chi connectivity index (χ4v) is 2.16. The average Bonchev–Trinajstić information content (AvgIpc) is 2.53. The number of ether oxygens (including phenoxy) is 2. The van der Waals surface area contributed by atoms with Crippen molar-refractivity contribution in [2.75, 3.05) is 13.2 Å². The van der Waals surface area contributed by atoms with Crippen molar-refractivity contribution >= 4 is 5.78 Å². The second-order valence-electron chi connectivity index (χ2n) is 5.74. The van der Waals surface area contributed by atoms with Crippen LogP contribution in [0, 0.1) is 19.7 Å². The van der Waals surface area contributed by atoms with E-state index < -0.39 is 11.9 Å². The number of carbonyl (C=O) groups excluding carboxylic acids is 1. The molecular formula is C19H21FO4. The molecule has 0 amide bonds. The van der Waals surface area contributed by atoms with Crippen LogP contribution < -0.4 is 9.47 Å². The van der Waals surface area contributed by atoms with E-state index in [4.69, 9.17) is 9.47 Å². The summed E-state index contributed by atoms with van der Waals surface area (Å²) in [5, 5.41) is 9.95. The highest BCUT2D eigenvalue weighted by Crippen LogP contribution is 2.20. The van der Waals surface area contributed by atoms with Gasteiger partial charge in [-0.2, -0.15) is 0 Å². The molecule has 128 valence electrons. The molecule has 0 heterocycles. The quantitative estimate of drug-likeness (QED) is 0.789. The second-order valence-corrected chi connectivity index (χ2v) is 5.74. The monoisotopic (exact) mass is 332 g/mol. The molecule has 0 saturated carbocycles. The molecule has 0 fully saturated rings. The first-order valence-corrected chi connectivity index (χ1v) is 7.68. The molecule has 0 aliphatic heterocycles. The van der Waals surface area contributed by atoms with E-state index >= 15 is 0 Å². The van der Waals surface area contributed by atoms with Crippen molar-refractivity contribution in [2.24, 2.45) is 0 Å². The molecule has 1 atom stereocenters. The molecule has 0 bridgehead atoms. The molecule has 2 rings (SSSR count). The van der Waals surface area contributed by atoms with Gasteiger partial charge in [0.15, 0.2) is 5.78 Å². The van der Waals surface area contributed by atoms with Gasteiger partial charge < -0.3 is 14.6 Å². The zero-order valence-electron chi connectivity index (χ0n) is 14.0. The molecule has 0 aliphatic rings. The molecule has 4 nitrogen and oxygen atoms in total. The maximum atomic E-state index is 13.7. The minimum Gasteiger partial charge on any atom is -0.491 e. The third-order valence-electron chi connectivity index (χ3n) is 3.54. The SMILES string of the molecule is CC(=O)c1ccc(OCC(O)COc2cc(C)ccc2C)cc1F. The minimum atomic E-state index is -0.861. The van der Waals surface area contributed by atoms with Gasteiger partial charge in [0, 0.05) is 6.07 Å². The summed E-state index contributed by atoms with van der Waals surface area (Å²) in [6.45, 7) is 5.22. The first-order valence-electron chi connectivity index (χ1n) is 7.68. The molecule has 1 unspecified atom stereocenters. The molecule has 24 heavy (non-hydrogen) atoms. The lowest BCUT2D eigenvalue weighted by molar-refractivity contribution is 0.0622. The van der Waals surface area contributed by atoms with Crippen molar-refractivity contribution in [1.29, 1.82) is 0 Å². The molecule has 0 spiro atoms. The highest BCUT2D eigenvalue weighted by atomic mass is 19.1. The largest absolute Gasteiger partial charge is 0.491 e. The molecule has 0 radical (unpaired) electrons. The molecule has 2 aromatic carbocycles. The Morgan fingerprint density at radius 3 is 2.50 bits per heavy atom. The third kappa shape index (κ3) is 4.80. The summed E-state index contributed by atoms with van der Waals surface area (Å²) in [6, 6.07) is 9.84. The topological polar surface area (TPSA) is 55.8 Å². The Kier molecular flexibility index (Phi) is 5.93. The number of benzene rings is 2. The number of aryl methyl sites for hydroxylation is 2. The van der Waals surface area contributed by atoms with Gasteiger partial charge in [0.25, 0.3) is 0 Å². The van der Waals surface area contributed by atoms with Crippen LogP contribution in [0.3, 0.4) is 0 Å². The summed E-state index contributed by atoms with van der Waals surface area (Å²) in [4.78, 5) is 11.2. The Labute approximate surface area is 140 Å².